The molecule has 2 atom stereocenters. The van der Waals surface area contributed by atoms with Crippen LogP contribution >= 0.6 is 12.4 Å². The van der Waals surface area contributed by atoms with Crippen LogP contribution in [0.15, 0.2) is 29.1 Å². The number of hydrogen-bond donors (Lipinski definition) is 1. The molecular formula is C17H23ClN4O2. The number of benzene rings is 1. The molecule has 2 N–H and O–H groups in total. The molecule has 6 nitrogen and oxygen atoms in total. The lowest BCUT2D eigenvalue weighted by molar-refractivity contribution is 0.0564. The SMILES string of the molecule is CC1CCN(C(=O)c2nn(C)c3ccccc3c2=O)C(CN)C1.Cl. The highest BCUT2D eigenvalue weighted by Gasteiger charge is 2.32. The third kappa shape index (κ3) is 3.16. The van der Waals surface area contributed by atoms with Crippen molar-refractivity contribution >= 4 is 29.2 Å². The highest BCUT2D eigenvalue weighted by Crippen LogP contribution is 2.23. The molecule has 1 aromatic heterocycles. The maximum Gasteiger partial charge on any atom is 0.278 e. The van der Waals surface area contributed by atoms with E-state index in [-0.39, 0.29) is 35.5 Å². The molecule has 0 spiro atoms. The molecule has 0 radical (unpaired) electrons. The predicted octanol–water partition coefficient (Wildman–Crippen LogP) is 1.55. The van der Waals surface area contributed by atoms with E-state index in [9.17, 15) is 9.59 Å². The average Bonchev–Trinajstić information content (AvgIpc) is 2.57. The molecule has 130 valence electrons. The second kappa shape index (κ2) is 7.32. The summed E-state index contributed by atoms with van der Waals surface area (Å²) in [7, 11) is 1.75. The lowest BCUT2D eigenvalue weighted by Crippen LogP contribution is -2.50. The predicted molar refractivity (Wildman–Crippen MR) is 96.5 cm³/mol. The minimum atomic E-state index is -0.307. The molecule has 24 heavy (non-hydrogen) atoms. The van der Waals surface area contributed by atoms with E-state index in [2.05, 4.69) is 12.0 Å². The molecule has 2 aromatic rings. The van der Waals surface area contributed by atoms with Crippen LogP contribution in [0.4, 0.5) is 0 Å². The Morgan fingerprint density at radius 2 is 2.08 bits per heavy atom. The Hall–Kier alpha value is -1.92. The van der Waals surface area contributed by atoms with Crippen molar-refractivity contribution in [3.05, 3.63) is 40.2 Å². The normalized spacial score (nSPS) is 20.7. The number of para-hydroxylation sites is 1. The molecule has 2 unspecified atom stereocenters. The number of likely N-dealkylation sites (tertiary alicyclic amines) is 1. The minimum absolute atomic E-state index is 0. The van der Waals surface area contributed by atoms with Gasteiger partial charge in [-0.25, -0.2) is 0 Å². The van der Waals surface area contributed by atoms with Gasteiger partial charge in [0.25, 0.3) is 5.91 Å². The van der Waals surface area contributed by atoms with Gasteiger partial charge in [0, 0.05) is 31.6 Å². The molecule has 0 aliphatic carbocycles. The van der Waals surface area contributed by atoms with Crippen molar-refractivity contribution < 1.29 is 4.79 Å². The van der Waals surface area contributed by atoms with Crippen LogP contribution in [0, 0.1) is 5.92 Å². The molecule has 1 fully saturated rings. The first-order valence-electron chi connectivity index (χ1n) is 8.00. The number of rotatable bonds is 2. The first kappa shape index (κ1) is 18.4. The molecule has 0 bridgehead atoms. The number of piperidine rings is 1. The Labute approximate surface area is 147 Å². The zero-order valence-corrected chi connectivity index (χ0v) is 14.8. The first-order chi connectivity index (χ1) is 11.0. The van der Waals surface area contributed by atoms with E-state index in [4.69, 9.17) is 5.73 Å². The van der Waals surface area contributed by atoms with Crippen LogP contribution in [0.5, 0.6) is 0 Å². The second-order valence-corrected chi connectivity index (χ2v) is 6.34. The lowest BCUT2D eigenvalue weighted by atomic mass is 9.92. The molecule has 1 saturated heterocycles. The van der Waals surface area contributed by atoms with Crippen LogP contribution in [0.2, 0.25) is 0 Å². The molecule has 1 amide bonds. The number of carbonyl (C=O) groups is 1. The minimum Gasteiger partial charge on any atom is -0.333 e. The van der Waals surface area contributed by atoms with E-state index in [1.165, 1.54) is 0 Å². The zero-order valence-electron chi connectivity index (χ0n) is 13.9. The largest absolute Gasteiger partial charge is 0.333 e. The second-order valence-electron chi connectivity index (χ2n) is 6.34. The average molecular weight is 351 g/mol. The van der Waals surface area contributed by atoms with Crippen LogP contribution in [-0.2, 0) is 7.05 Å². The van der Waals surface area contributed by atoms with Gasteiger partial charge in [0.1, 0.15) is 0 Å². The van der Waals surface area contributed by atoms with Crippen molar-refractivity contribution in [2.24, 2.45) is 18.7 Å². The topological polar surface area (TPSA) is 81.2 Å². The van der Waals surface area contributed by atoms with E-state index < -0.39 is 0 Å². The fourth-order valence-electron chi connectivity index (χ4n) is 3.34. The van der Waals surface area contributed by atoms with Crippen molar-refractivity contribution in [2.75, 3.05) is 13.1 Å². The number of hydrogen-bond acceptors (Lipinski definition) is 4. The van der Waals surface area contributed by atoms with Crippen molar-refractivity contribution in [3.63, 3.8) is 0 Å². The molecular weight excluding hydrogens is 328 g/mol. The van der Waals surface area contributed by atoms with Crippen LogP contribution in [0.25, 0.3) is 10.9 Å². The van der Waals surface area contributed by atoms with Crippen molar-refractivity contribution in [3.8, 4) is 0 Å². The van der Waals surface area contributed by atoms with Crippen LogP contribution in [0.1, 0.15) is 30.3 Å². The summed E-state index contributed by atoms with van der Waals surface area (Å²) >= 11 is 0. The zero-order chi connectivity index (χ0) is 16.6. The summed E-state index contributed by atoms with van der Waals surface area (Å²) in [4.78, 5) is 27.3. The molecule has 3 rings (SSSR count). The summed E-state index contributed by atoms with van der Waals surface area (Å²) in [5.41, 5.74) is 6.23. The van der Waals surface area contributed by atoms with Gasteiger partial charge in [-0.3, -0.25) is 14.3 Å². The Kier molecular flexibility index (Phi) is 5.62. The maximum absolute atomic E-state index is 12.9. The highest BCUT2D eigenvalue weighted by atomic mass is 35.5. The summed E-state index contributed by atoms with van der Waals surface area (Å²) in [6.07, 6.45) is 1.80. The summed E-state index contributed by atoms with van der Waals surface area (Å²) in [6, 6.07) is 7.17. The van der Waals surface area contributed by atoms with Gasteiger partial charge < -0.3 is 10.6 Å². The van der Waals surface area contributed by atoms with E-state index in [1.54, 1.807) is 28.8 Å². The fraction of sp³-hybridized carbons (Fsp3) is 0.471. The smallest absolute Gasteiger partial charge is 0.278 e. The highest BCUT2D eigenvalue weighted by molar-refractivity contribution is 5.95. The van der Waals surface area contributed by atoms with Gasteiger partial charge in [0.15, 0.2) is 5.69 Å². The number of fused-ring (bicyclic) bond motifs is 1. The van der Waals surface area contributed by atoms with Gasteiger partial charge >= 0.3 is 0 Å². The first-order valence-corrected chi connectivity index (χ1v) is 8.00. The van der Waals surface area contributed by atoms with E-state index in [0.29, 0.717) is 24.4 Å². The van der Waals surface area contributed by atoms with Gasteiger partial charge in [-0.1, -0.05) is 19.1 Å². The van der Waals surface area contributed by atoms with E-state index in [1.807, 2.05) is 12.1 Å². The van der Waals surface area contributed by atoms with E-state index >= 15 is 0 Å². The molecule has 0 saturated carbocycles. The number of aromatic nitrogens is 2. The Bertz CT molecular complexity index is 805. The lowest BCUT2D eigenvalue weighted by Gasteiger charge is -2.37. The number of nitrogens with zero attached hydrogens (tertiary/aromatic N) is 3. The monoisotopic (exact) mass is 350 g/mol. The van der Waals surface area contributed by atoms with Crippen molar-refractivity contribution in [1.82, 2.24) is 14.7 Å². The van der Waals surface area contributed by atoms with Crippen molar-refractivity contribution in [2.45, 2.75) is 25.8 Å². The summed E-state index contributed by atoms with van der Waals surface area (Å²) in [5.74, 6) is 0.235. The van der Waals surface area contributed by atoms with Gasteiger partial charge in [0.05, 0.1) is 5.52 Å². The van der Waals surface area contributed by atoms with Crippen LogP contribution in [-0.4, -0.2) is 39.7 Å². The number of amides is 1. The van der Waals surface area contributed by atoms with Crippen LogP contribution < -0.4 is 11.2 Å². The number of nitrogens with two attached hydrogens (primary N) is 1. The molecule has 7 heteroatoms. The van der Waals surface area contributed by atoms with E-state index in [0.717, 1.165) is 18.4 Å². The summed E-state index contributed by atoms with van der Waals surface area (Å²) in [5, 5.41) is 4.75. The third-order valence-corrected chi connectivity index (χ3v) is 4.68. The molecule has 2 heterocycles. The molecule has 1 aliphatic rings. The standard InChI is InChI=1S/C17H22N4O2.ClH/c1-11-7-8-21(12(9-11)10-18)17(23)15-16(22)13-5-3-4-6-14(13)20(2)19-15;/h3-6,11-12H,7-10,18H2,1-2H3;1H. The Morgan fingerprint density at radius 3 is 2.79 bits per heavy atom. The third-order valence-electron chi connectivity index (χ3n) is 4.68. The van der Waals surface area contributed by atoms with Gasteiger partial charge in [-0.15, -0.1) is 12.4 Å². The van der Waals surface area contributed by atoms with Crippen molar-refractivity contribution in [1.29, 1.82) is 0 Å². The summed E-state index contributed by atoms with van der Waals surface area (Å²) in [6.45, 7) is 3.20. The Morgan fingerprint density at radius 1 is 1.38 bits per heavy atom. The van der Waals surface area contributed by atoms with Crippen LogP contribution in [0.3, 0.4) is 0 Å². The number of carbonyl (C=O) groups excluding carboxylic acids is 1. The molecule has 1 aliphatic heterocycles. The summed E-state index contributed by atoms with van der Waals surface area (Å²) < 4.78 is 1.59. The maximum atomic E-state index is 12.9. The Balaban J connectivity index is 0.00000208. The number of halogens is 1. The molecule has 1 aromatic carbocycles. The quantitative estimate of drug-likeness (QED) is 0.891. The number of aryl methyl sites for hydroxylation is 1. The van der Waals surface area contributed by atoms with Gasteiger partial charge in [0.2, 0.25) is 5.43 Å². The van der Waals surface area contributed by atoms with Gasteiger partial charge in [-0.2, -0.15) is 5.10 Å². The van der Waals surface area contributed by atoms with Gasteiger partial charge in [-0.05, 0) is 30.9 Å². The fourth-order valence-corrected chi connectivity index (χ4v) is 3.34.